The first kappa shape index (κ1) is 49.9. The number of aromatic amines is 2. The van der Waals surface area contributed by atoms with E-state index in [-0.39, 0.29) is 36.4 Å². The monoisotopic (exact) mass is 996 g/mol. The molecule has 3 atom stereocenters. The van der Waals surface area contributed by atoms with Gasteiger partial charge < -0.3 is 60.0 Å². The Bertz CT molecular complexity index is 2330. The van der Waals surface area contributed by atoms with Crippen LogP contribution in [-0.2, 0) is 56.2 Å². The number of ether oxygens (including phenoxy) is 2. The Labute approximate surface area is 385 Å². The van der Waals surface area contributed by atoms with Crippen LogP contribution in [0.3, 0.4) is 0 Å². The topological polar surface area (TPSA) is 310 Å². The zero-order valence-electron chi connectivity index (χ0n) is 36.0. The maximum atomic E-state index is 12.7. The van der Waals surface area contributed by atoms with Gasteiger partial charge in [0.1, 0.15) is 29.3 Å². The molecule has 342 valence electrons. The number of anilines is 3. The van der Waals surface area contributed by atoms with Gasteiger partial charge in [0.05, 0.1) is 24.5 Å². The first-order valence-electron chi connectivity index (χ1n) is 19.8. The van der Waals surface area contributed by atoms with Gasteiger partial charge in [0.15, 0.2) is 11.6 Å². The van der Waals surface area contributed by atoms with Gasteiger partial charge >= 0.3 is 24.1 Å². The number of hydrogen-bond acceptors (Lipinski definition) is 15. The van der Waals surface area contributed by atoms with Crippen LogP contribution in [0.2, 0.25) is 0 Å². The third-order valence-electron chi connectivity index (χ3n) is 9.17. The summed E-state index contributed by atoms with van der Waals surface area (Å²) in [4.78, 5) is 62.0. The number of nitrogens with two attached hydrogens (primary N) is 1. The van der Waals surface area contributed by atoms with E-state index in [1.54, 1.807) is 53.7 Å². The van der Waals surface area contributed by atoms with Gasteiger partial charge in [-0.15, -0.1) is 20.4 Å². The van der Waals surface area contributed by atoms with Crippen molar-refractivity contribution in [1.82, 2.24) is 46.6 Å². The normalized spacial score (nSPS) is 16.5. The van der Waals surface area contributed by atoms with E-state index in [4.69, 9.17) is 20.3 Å². The Morgan fingerprint density at radius 3 is 1.59 bits per heavy atom. The molecule has 5 aromatic rings. The lowest BCUT2D eigenvalue weighted by atomic mass is 10.1. The van der Waals surface area contributed by atoms with Crippen molar-refractivity contribution in [1.29, 1.82) is 0 Å². The Balaban J connectivity index is 0.000000202. The highest BCUT2D eigenvalue weighted by molar-refractivity contribution is 6.01. The van der Waals surface area contributed by atoms with E-state index in [1.807, 2.05) is 60.7 Å². The quantitative estimate of drug-likeness (QED) is 0.113. The maximum absolute atomic E-state index is 12.7. The molecule has 0 radical (unpaired) electrons. The van der Waals surface area contributed by atoms with Crippen molar-refractivity contribution in [2.75, 3.05) is 15.1 Å². The van der Waals surface area contributed by atoms with Gasteiger partial charge in [0.2, 0.25) is 5.91 Å². The minimum atomic E-state index is -1.03. The largest absolute Gasteiger partial charge is 1.00 e. The fraction of sp³-hybridized carbons (Fsp3) is 0.390. The molecule has 3 aliphatic heterocycles. The number of hydrogen-bond donors (Lipinski definition) is 7. The first-order valence-corrected chi connectivity index (χ1v) is 19.8. The smallest absolute Gasteiger partial charge is 0.415 e. The lowest BCUT2D eigenvalue weighted by Crippen LogP contribution is -3.00. The van der Waals surface area contributed by atoms with Crippen molar-refractivity contribution in [3.05, 3.63) is 101 Å². The number of carbonyl (C=O) groups is 5. The number of rotatable bonds is 6. The zero-order chi connectivity index (χ0) is 45.9. The summed E-state index contributed by atoms with van der Waals surface area (Å²) < 4.78 is 10.8. The number of benzene rings is 3. The van der Waals surface area contributed by atoms with Gasteiger partial charge in [-0.25, -0.2) is 19.2 Å². The van der Waals surface area contributed by atoms with Crippen LogP contribution in [0.15, 0.2) is 72.8 Å². The van der Waals surface area contributed by atoms with Crippen LogP contribution in [0.5, 0.6) is 0 Å². The molecule has 5 heterocycles. The fourth-order valence-corrected chi connectivity index (χ4v) is 6.51. The van der Waals surface area contributed by atoms with E-state index >= 15 is 0 Å². The molecule has 3 amide bonds. The van der Waals surface area contributed by atoms with Crippen molar-refractivity contribution in [3.63, 3.8) is 0 Å². The van der Waals surface area contributed by atoms with Crippen molar-refractivity contribution < 1.29 is 67.6 Å². The molecule has 8 rings (SSSR count). The number of halogens is 1. The minimum absolute atomic E-state index is 0. The number of nitrogens with zero attached hydrogens (tertiary/aromatic N) is 8. The summed E-state index contributed by atoms with van der Waals surface area (Å²) in [5.41, 5.74) is 8.92. The first-order chi connectivity index (χ1) is 29.8. The Morgan fingerprint density at radius 2 is 1.16 bits per heavy atom. The Hall–Kier alpha value is -6.76. The van der Waals surface area contributed by atoms with Gasteiger partial charge in [-0.2, -0.15) is 10.4 Å². The molecule has 22 nitrogen and oxygen atoms in total. The van der Waals surface area contributed by atoms with Crippen molar-refractivity contribution in [2.45, 2.75) is 103 Å². The number of aromatic nitrogens is 8. The molecule has 2 aromatic heterocycles. The third kappa shape index (κ3) is 13.6. The average molecular weight is 997 g/mol. The van der Waals surface area contributed by atoms with Gasteiger partial charge in [-0.3, -0.25) is 14.6 Å². The number of carboxylic acids is 2. The van der Waals surface area contributed by atoms with Crippen LogP contribution >= 0.6 is 0 Å². The van der Waals surface area contributed by atoms with Crippen LogP contribution in [0, 0.1) is 0 Å². The summed E-state index contributed by atoms with van der Waals surface area (Å²) in [7, 11) is 0. The molecule has 0 aliphatic carbocycles. The fourth-order valence-electron chi connectivity index (χ4n) is 6.51. The highest BCUT2D eigenvalue weighted by atomic mass is 127. The standard InChI is InChI=1S/C16H20N6O3.C14H17NO4.C9H9NO2.C2H5N5.HI/c1-16(2,3)25-15(24)22-11-7-5-4-6-10(11)8-12(22)14(23)17-9-13-18-20-21-19-13;1-14(2,3)19-13(18)15-10-7-5-4-6-9(10)8-11(15)12(16)17;11-9(12)8-5-6-3-1-2-4-7(6)10-8;3-1-2-4-6-7-5-2;/h4-7,12H,8-9H2,1-3H3,(H,17,23)(H,18,19,20,21);4-7,11H,8H2,1-3H3,(H,16,17);1-4,8,10H,5H2,(H,11,12);1,3H2,(H,4,5,6,7);1H/p-1/t12-;11-;8-;;/m000../s1. The number of amides is 3. The second-order valence-corrected chi connectivity index (χ2v) is 16.2. The zero-order valence-corrected chi connectivity index (χ0v) is 38.1. The van der Waals surface area contributed by atoms with E-state index in [0.717, 1.165) is 22.4 Å². The number of nitrogens with one attached hydrogen (secondary N) is 4. The number of carbonyl (C=O) groups excluding carboxylic acids is 3. The summed E-state index contributed by atoms with van der Waals surface area (Å²) in [6.07, 6.45) is 0.158. The number of aliphatic carboxylic acids is 2. The molecular formula is C41H51IN13O9-. The lowest BCUT2D eigenvalue weighted by Gasteiger charge is -2.28. The van der Waals surface area contributed by atoms with Gasteiger partial charge in [0.25, 0.3) is 0 Å². The number of carboxylic acid groups (broad SMARTS) is 2. The predicted octanol–water partition coefficient (Wildman–Crippen LogP) is 0.390. The second kappa shape index (κ2) is 22.0. The molecule has 3 aromatic carbocycles. The van der Waals surface area contributed by atoms with Gasteiger partial charge in [-0.1, -0.05) is 65.0 Å². The molecule has 0 saturated heterocycles. The molecule has 0 bridgehead atoms. The summed E-state index contributed by atoms with van der Waals surface area (Å²) in [6.45, 7) is 11.1. The summed E-state index contributed by atoms with van der Waals surface area (Å²) in [6, 6.07) is 20.2. The summed E-state index contributed by atoms with van der Waals surface area (Å²) >= 11 is 0. The molecule has 3 aliphatic rings. The molecule has 23 heteroatoms. The van der Waals surface area contributed by atoms with Crippen molar-refractivity contribution in [2.24, 2.45) is 5.73 Å². The van der Waals surface area contributed by atoms with Crippen LogP contribution < -0.4 is 50.1 Å². The third-order valence-corrected chi connectivity index (χ3v) is 9.17. The number of H-pyrrole nitrogens is 2. The molecule has 64 heavy (non-hydrogen) atoms. The van der Waals surface area contributed by atoms with Crippen LogP contribution in [0.4, 0.5) is 26.7 Å². The van der Waals surface area contributed by atoms with Gasteiger partial charge in [-0.05, 0) is 76.4 Å². The SMILES string of the molecule is CC(C)(C)OC(=O)N1c2ccccc2C[C@H]1C(=O)NCc1nn[nH]n1.CC(C)(C)OC(=O)N1c2ccccc2C[C@H]1C(=O)O.NCc1nn[nH]n1.O=C(O)[C@@H]1Cc2ccccc2N1.[I-]. The Morgan fingerprint density at radius 1 is 0.688 bits per heavy atom. The predicted molar refractivity (Wildman–Crippen MR) is 226 cm³/mol. The van der Waals surface area contributed by atoms with Crippen LogP contribution in [0.25, 0.3) is 0 Å². The molecule has 0 unspecified atom stereocenters. The highest BCUT2D eigenvalue weighted by Gasteiger charge is 2.41. The Kier molecular flexibility index (Phi) is 17.2. The second-order valence-electron chi connectivity index (χ2n) is 16.2. The summed E-state index contributed by atoms with van der Waals surface area (Å²) in [5.74, 6) is -1.20. The molecule has 8 N–H and O–H groups in total. The number of para-hydroxylation sites is 3. The van der Waals surface area contributed by atoms with Crippen molar-refractivity contribution in [3.8, 4) is 0 Å². The lowest BCUT2D eigenvalue weighted by molar-refractivity contribution is -0.139. The molecular weight excluding hydrogens is 945 g/mol. The highest BCUT2D eigenvalue weighted by Crippen LogP contribution is 2.35. The van der Waals surface area contributed by atoms with Crippen LogP contribution in [0.1, 0.15) is 69.9 Å². The van der Waals surface area contributed by atoms with E-state index in [0.29, 0.717) is 48.8 Å². The van der Waals surface area contributed by atoms with E-state index in [1.165, 1.54) is 9.80 Å². The molecule has 0 saturated carbocycles. The molecule has 0 fully saturated rings. The minimum Gasteiger partial charge on any atom is -1.00 e. The maximum Gasteiger partial charge on any atom is 0.415 e. The van der Waals surface area contributed by atoms with Gasteiger partial charge in [0, 0.05) is 24.9 Å². The number of fused-ring (bicyclic) bond motifs is 3. The van der Waals surface area contributed by atoms with E-state index in [2.05, 4.69) is 51.9 Å². The van der Waals surface area contributed by atoms with Crippen molar-refractivity contribution >= 4 is 47.1 Å². The average Bonchev–Trinajstić information content (AvgIpc) is 4.08. The van der Waals surface area contributed by atoms with Crippen LogP contribution in [-0.4, -0.2) is 111 Å². The van der Waals surface area contributed by atoms with E-state index in [9.17, 15) is 29.1 Å². The number of tetrazole rings is 2. The molecule has 0 spiro atoms. The summed E-state index contributed by atoms with van der Waals surface area (Å²) in [5, 5.41) is 49.7. The van der Waals surface area contributed by atoms with E-state index < -0.39 is 53.5 Å².